The van der Waals surface area contributed by atoms with Crippen LogP contribution in [0.15, 0.2) is 0 Å². The van der Waals surface area contributed by atoms with E-state index in [9.17, 15) is 0 Å². The average Bonchev–Trinajstić information content (AvgIpc) is 3.03. The Morgan fingerprint density at radius 2 is 1.39 bits per heavy atom. The molecule has 1 aliphatic heterocycles. The molecule has 2 fully saturated rings. The minimum atomic E-state index is 0.475. The molecule has 0 spiro atoms. The van der Waals surface area contributed by atoms with Gasteiger partial charge in [-0.25, -0.2) is 0 Å². The van der Waals surface area contributed by atoms with Crippen LogP contribution in [0.3, 0.4) is 0 Å². The van der Waals surface area contributed by atoms with Crippen molar-refractivity contribution in [1.82, 2.24) is 4.90 Å². The van der Waals surface area contributed by atoms with E-state index in [4.69, 9.17) is 0 Å². The Morgan fingerprint density at radius 3 is 1.74 bits per heavy atom. The molecule has 0 aromatic rings. The lowest BCUT2D eigenvalue weighted by Crippen LogP contribution is -2.50. The summed E-state index contributed by atoms with van der Waals surface area (Å²) in [6, 6.07) is 0. The molecule has 0 aromatic heterocycles. The quantitative estimate of drug-likeness (QED) is 0.551. The third kappa shape index (κ3) is 9.13. The molecule has 0 bridgehead atoms. The molecule has 2 atom stereocenters. The van der Waals surface area contributed by atoms with Gasteiger partial charge >= 0.3 is 0 Å². The van der Waals surface area contributed by atoms with Crippen molar-refractivity contribution in [2.75, 3.05) is 19.6 Å². The standard InChI is InChI=1S/C12H25N.C10H20/c1-10(2)6-11-7-13(8-11)9-12(3,4)5;1-7(2)5-9-6-10(9)8(3)4/h10-11H,6-9H2,1-5H3;7-10H,5-6H2,1-4H3. The Balaban J connectivity index is 0.000000238. The number of hydrogen-bond donors (Lipinski definition) is 0. The van der Waals surface area contributed by atoms with Crippen LogP contribution in [0.5, 0.6) is 0 Å². The summed E-state index contributed by atoms with van der Waals surface area (Å²) in [5.41, 5.74) is 0.475. The lowest BCUT2D eigenvalue weighted by atomic mass is 9.87. The smallest absolute Gasteiger partial charge is 0.00303 e. The molecule has 1 saturated heterocycles. The van der Waals surface area contributed by atoms with E-state index < -0.39 is 0 Å². The van der Waals surface area contributed by atoms with Crippen molar-refractivity contribution in [2.24, 2.45) is 40.9 Å². The minimum Gasteiger partial charge on any atom is -0.302 e. The normalized spacial score (nSPS) is 25.6. The highest BCUT2D eigenvalue weighted by atomic mass is 15.2. The third-order valence-electron chi connectivity index (χ3n) is 5.14. The van der Waals surface area contributed by atoms with Crippen molar-refractivity contribution < 1.29 is 0 Å². The summed E-state index contributed by atoms with van der Waals surface area (Å²) in [7, 11) is 0. The van der Waals surface area contributed by atoms with Gasteiger partial charge in [-0.1, -0.05) is 62.3 Å². The van der Waals surface area contributed by atoms with Crippen LogP contribution in [0.2, 0.25) is 0 Å². The molecule has 2 aliphatic rings. The van der Waals surface area contributed by atoms with Gasteiger partial charge in [0.1, 0.15) is 0 Å². The van der Waals surface area contributed by atoms with Crippen LogP contribution in [-0.4, -0.2) is 24.5 Å². The molecule has 2 rings (SSSR count). The van der Waals surface area contributed by atoms with Gasteiger partial charge < -0.3 is 4.90 Å². The fraction of sp³-hybridized carbons (Fsp3) is 1.00. The maximum Gasteiger partial charge on any atom is 0.00303 e. The summed E-state index contributed by atoms with van der Waals surface area (Å²) in [6.45, 7) is 24.9. The molecule has 2 unspecified atom stereocenters. The predicted octanol–water partition coefficient (Wildman–Crippen LogP) is 6.34. The molecule has 138 valence electrons. The fourth-order valence-corrected chi connectivity index (χ4v) is 4.26. The van der Waals surface area contributed by atoms with Gasteiger partial charge in [-0.3, -0.25) is 0 Å². The number of nitrogens with zero attached hydrogens (tertiary/aromatic N) is 1. The molecule has 0 aromatic carbocycles. The fourth-order valence-electron chi connectivity index (χ4n) is 4.26. The van der Waals surface area contributed by atoms with Crippen molar-refractivity contribution in [3.05, 3.63) is 0 Å². The van der Waals surface area contributed by atoms with Gasteiger partial charge in [-0.15, -0.1) is 0 Å². The van der Waals surface area contributed by atoms with Gasteiger partial charge in [0.25, 0.3) is 0 Å². The van der Waals surface area contributed by atoms with Gasteiger partial charge in [-0.05, 0) is 60.2 Å². The second-order valence-corrected chi connectivity index (χ2v) is 10.8. The maximum absolute atomic E-state index is 2.59. The summed E-state index contributed by atoms with van der Waals surface area (Å²) in [6.07, 6.45) is 4.39. The first-order chi connectivity index (χ1) is 10.5. The van der Waals surface area contributed by atoms with Crippen molar-refractivity contribution in [1.29, 1.82) is 0 Å². The van der Waals surface area contributed by atoms with Crippen LogP contribution >= 0.6 is 0 Å². The second-order valence-electron chi connectivity index (χ2n) is 10.8. The highest BCUT2D eigenvalue weighted by Gasteiger charge is 2.38. The molecule has 0 radical (unpaired) electrons. The number of rotatable bonds is 6. The Labute approximate surface area is 147 Å². The van der Waals surface area contributed by atoms with E-state index >= 15 is 0 Å². The third-order valence-corrected chi connectivity index (χ3v) is 5.14. The summed E-state index contributed by atoms with van der Waals surface area (Å²) in [5, 5.41) is 0. The van der Waals surface area contributed by atoms with Crippen LogP contribution in [0.4, 0.5) is 0 Å². The molecule has 0 N–H and O–H groups in total. The highest BCUT2D eigenvalue weighted by molar-refractivity contribution is 4.88. The van der Waals surface area contributed by atoms with Gasteiger partial charge in [-0.2, -0.15) is 0 Å². The van der Waals surface area contributed by atoms with Crippen molar-refractivity contribution >= 4 is 0 Å². The van der Waals surface area contributed by atoms with Crippen LogP contribution in [0.1, 0.15) is 81.6 Å². The molecule has 23 heavy (non-hydrogen) atoms. The zero-order valence-corrected chi connectivity index (χ0v) is 17.7. The zero-order valence-electron chi connectivity index (χ0n) is 17.7. The summed E-state index contributed by atoms with van der Waals surface area (Å²) in [5.74, 6) is 5.86. The van der Waals surface area contributed by atoms with Gasteiger partial charge in [0, 0.05) is 19.6 Å². The number of hydrogen-bond acceptors (Lipinski definition) is 1. The monoisotopic (exact) mass is 323 g/mol. The Bertz CT molecular complexity index is 317. The van der Waals surface area contributed by atoms with Crippen LogP contribution < -0.4 is 0 Å². The van der Waals surface area contributed by atoms with Crippen molar-refractivity contribution in [2.45, 2.75) is 81.6 Å². The minimum absolute atomic E-state index is 0.475. The zero-order chi connectivity index (χ0) is 17.8. The lowest BCUT2D eigenvalue weighted by Gasteiger charge is -2.43. The molecular formula is C22H45N. The summed E-state index contributed by atoms with van der Waals surface area (Å²) >= 11 is 0. The van der Waals surface area contributed by atoms with E-state index in [1.165, 1.54) is 38.9 Å². The molecule has 1 heteroatoms. The van der Waals surface area contributed by atoms with Crippen LogP contribution in [-0.2, 0) is 0 Å². The molecule has 1 aliphatic carbocycles. The maximum atomic E-state index is 2.59. The Hall–Kier alpha value is -0.0400. The summed E-state index contributed by atoms with van der Waals surface area (Å²) < 4.78 is 0. The van der Waals surface area contributed by atoms with E-state index in [0.29, 0.717) is 5.41 Å². The predicted molar refractivity (Wildman–Crippen MR) is 105 cm³/mol. The average molecular weight is 324 g/mol. The first-order valence-corrected chi connectivity index (χ1v) is 10.2. The largest absolute Gasteiger partial charge is 0.302 e. The van der Waals surface area contributed by atoms with E-state index in [2.05, 4.69) is 67.2 Å². The highest BCUT2D eigenvalue weighted by Crippen LogP contribution is 2.47. The molecule has 1 heterocycles. The van der Waals surface area contributed by atoms with E-state index in [0.717, 1.165) is 35.5 Å². The van der Waals surface area contributed by atoms with Crippen molar-refractivity contribution in [3.63, 3.8) is 0 Å². The Morgan fingerprint density at radius 1 is 0.870 bits per heavy atom. The molecule has 0 amide bonds. The second kappa shape index (κ2) is 8.88. The molecule has 1 saturated carbocycles. The Kier molecular flexibility index (Phi) is 8.11. The first kappa shape index (κ1) is 21.0. The van der Waals surface area contributed by atoms with E-state index in [1.54, 1.807) is 0 Å². The van der Waals surface area contributed by atoms with Crippen LogP contribution in [0.25, 0.3) is 0 Å². The van der Waals surface area contributed by atoms with E-state index in [1.807, 2.05) is 0 Å². The molecular weight excluding hydrogens is 278 g/mol. The molecule has 1 nitrogen and oxygen atoms in total. The van der Waals surface area contributed by atoms with Gasteiger partial charge in [0.05, 0.1) is 0 Å². The van der Waals surface area contributed by atoms with E-state index in [-0.39, 0.29) is 0 Å². The SMILES string of the molecule is CC(C)CC1CC1C(C)C.CC(C)CC1CN(CC(C)(C)C)C1. The number of likely N-dealkylation sites (tertiary alicyclic amines) is 1. The lowest BCUT2D eigenvalue weighted by molar-refractivity contribution is 0.0529. The van der Waals surface area contributed by atoms with Gasteiger partial charge in [0.2, 0.25) is 0 Å². The van der Waals surface area contributed by atoms with Gasteiger partial charge in [0.15, 0.2) is 0 Å². The summed E-state index contributed by atoms with van der Waals surface area (Å²) in [4.78, 5) is 2.59. The van der Waals surface area contributed by atoms with Crippen molar-refractivity contribution in [3.8, 4) is 0 Å². The topological polar surface area (TPSA) is 3.24 Å². The van der Waals surface area contributed by atoms with Crippen LogP contribution in [0, 0.1) is 40.9 Å². The first-order valence-electron chi connectivity index (χ1n) is 10.2.